The van der Waals surface area contributed by atoms with E-state index in [1.807, 2.05) is 0 Å². The summed E-state index contributed by atoms with van der Waals surface area (Å²) in [6.45, 7) is 1.65. The van der Waals surface area contributed by atoms with Gasteiger partial charge in [0, 0.05) is 37.4 Å². The van der Waals surface area contributed by atoms with Gasteiger partial charge in [0.05, 0.1) is 0 Å². The second-order valence-electron chi connectivity index (χ2n) is 9.10. The summed E-state index contributed by atoms with van der Waals surface area (Å²) in [6.07, 6.45) is 10.2. The molecule has 4 rings (SSSR count). The zero-order valence-electron chi connectivity index (χ0n) is 18.4. The number of piperidine rings is 1. The van der Waals surface area contributed by atoms with E-state index in [4.69, 9.17) is 11.6 Å². The lowest BCUT2D eigenvalue weighted by atomic mass is 9.94. The molecule has 2 bridgehead atoms. The third-order valence-electron chi connectivity index (χ3n) is 6.87. The lowest BCUT2D eigenvalue weighted by Crippen LogP contribution is -2.50. The van der Waals surface area contributed by atoms with Gasteiger partial charge in [-0.15, -0.1) is 0 Å². The molecule has 3 aliphatic rings. The number of allylic oxidation sites excluding steroid dienone is 2. The van der Waals surface area contributed by atoms with Gasteiger partial charge in [-0.2, -0.15) is 12.7 Å². The molecule has 3 N–H and O–H groups in total. The zero-order valence-corrected chi connectivity index (χ0v) is 19.9. The van der Waals surface area contributed by atoms with Crippen LogP contribution in [0.5, 0.6) is 0 Å². The normalized spacial score (nSPS) is 25.2. The number of rotatable bonds is 8. The van der Waals surface area contributed by atoms with Gasteiger partial charge in [-0.25, -0.2) is 9.52 Å². The van der Waals surface area contributed by atoms with Crippen molar-refractivity contribution in [1.29, 1.82) is 0 Å². The molecule has 180 valence electrons. The molecule has 1 aromatic heterocycles. The number of halogens is 1. The van der Waals surface area contributed by atoms with Crippen LogP contribution in [-0.2, 0) is 10.2 Å². The number of pyridine rings is 1. The molecule has 1 saturated heterocycles. The van der Waals surface area contributed by atoms with Gasteiger partial charge in [0.25, 0.3) is 5.91 Å². The number of nitrogens with zero attached hydrogens (tertiary/aromatic N) is 2. The summed E-state index contributed by atoms with van der Waals surface area (Å²) in [5, 5.41) is 6.00. The smallest absolute Gasteiger partial charge is 0.329 e. The van der Waals surface area contributed by atoms with E-state index in [9.17, 15) is 18.0 Å². The zero-order chi connectivity index (χ0) is 23.4. The summed E-state index contributed by atoms with van der Waals surface area (Å²) < 4.78 is 28.6. The maximum Gasteiger partial charge on any atom is 0.329 e. The van der Waals surface area contributed by atoms with Crippen LogP contribution in [0.3, 0.4) is 0 Å². The molecule has 2 fully saturated rings. The first-order valence-corrected chi connectivity index (χ1v) is 13.3. The van der Waals surface area contributed by atoms with Gasteiger partial charge in [-0.3, -0.25) is 9.78 Å². The fourth-order valence-electron chi connectivity index (χ4n) is 5.02. The molecule has 1 saturated carbocycles. The van der Waals surface area contributed by atoms with Crippen LogP contribution in [-0.4, -0.2) is 55.8 Å². The van der Waals surface area contributed by atoms with E-state index in [2.05, 4.69) is 32.5 Å². The summed E-state index contributed by atoms with van der Waals surface area (Å²) in [5.41, 5.74) is 0.268. The second kappa shape index (κ2) is 10.4. The molecule has 3 atom stereocenters. The molecule has 0 spiro atoms. The van der Waals surface area contributed by atoms with E-state index in [1.54, 1.807) is 6.07 Å². The molecule has 9 nitrogen and oxygen atoms in total. The van der Waals surface area contributed by atoms with E-state index < -0.39 is 16.2 Å². The third-order valence-corrected chi connectivity index (χ3v) is 8.59. The molecule has 0 radical (unpaired) electrons. The van der Waals surface area contributed by atoms with Crippen molar-refractivity contribution < 1.29 is 18.0 Å². The Bertz CT molecular complexity index is 1010. The van der Waals surface area contributed by atoms with Crippen LogP contribution in [0.2, 0.25) is 5.02 Å². The highest BCUT2D eigenvalue weighted by Gasteiger charge is 2.36. The van der Waals surface area contributed by atoms with Gasteiger partial charge in [0.15, 0.2) is 0 Å². The van der Waals surface area contributed by atoms with Crippen molar-refractivity contribution in [3.8, 4) is 0 Å². The van der Waals surface area contributed by atoms with Crippen molar-refractivity contribution in [2.45, 2.75) is 32.1 Å². The summed E-state index contributed by atoms with van der Waals surface area (Å²) in [5.74, 6) is 1.51. The number of carbonyl (C=O) groups excluding carboxylic acids is 2. The highest BCUT2D eigenvalue weighted by Crippen LogP contribution is 2.42. The number of carbonyl (C=O) groups is 2. The van der Waals surface area contributed by atoms with Crippen LogP contribution in [0.25, 0.3) is 0 Å². The number of nitrogens with one attached hydrogen (secondary N) is 3. The Morgan fingerprint density at radius 1 is 1.15 bits per heavy atom. The second-order valence-corrected chi connectivity index (χ2v) is 11.2. The summed E-state index contributed by atoms with van der Waals surface area (Å²) in [6, 6.07) is 2.45. The number of amides is 3. The maximum atomic E-state index is 12.6. The minimum absolute atomic E-state index is 0.268. The standard InChI is InChI=1S/C22H30ClN5O4S/c23-19-4-8-24-20(13-19)21(29)25-7-3-15-5-9-28(10-6-15)33(31,32)27-22(30)26-14-18-12-16-1-2-17(18)11-16/h1-2,4,8,13,15-18H,3,5-7,9-12,14H2,(H,25,29)(H2,26,27,30)/t16-,17-,18+/m1/s1. The first kappa shape index (κ1) is 24.0. The number of hydrogen-bond donors (Lipinski definition) is 3. The molecule has 33 heavy (non-hydrogen) atoms. The number of fused-ring (bicyclic) bond motifs is 2. The van der Waals surface area contributed by atoms with Crippen LogP contribution in [0.4, 0.5) is 4.79 Å². The largest absolute Gasteiger partial charge is 0.351 e. The Labute approximate surface area is 199 Å². The Kier molecular flexibility index (Phi) is 7.55. The summed E-state index contributed by atoms with van der Waals surface area (Å²) in [4.78, 5) is 28.3. The van der Waals surface area contributed by atoms with E-state index in [0.717, 1.165) is 19.3 Å². The van der Waals surface area contributed by atoms with Gasteiger partial charge in [0.1, 0.15) is 5.69 Å². The fraction of sp³-hybridized carbons (Fsp3) is 0.591. The monoisotopic (exact) mass is 495 g/mol. The number of urea groups is 1. The van der Waals surface area contributed by atoms with Crippen molar-refractivity contribution in [2.75, 3.05) is 26.2 Å². The third kappa shape index (κ3) is 6.24. The fourth-order valence-corrected chi connectivity index (χ4v) is 6.31. The molecular weight excluding hydrogens is 466 g/mol. The minimum atomic E-state index is -3.87. The first-order chi connectivity index (χ1) is 15.8. The van der Waals surface area contributed by atoms with E-state index >= 15 is 0 Å². The summed E-state index contributed by atoms with van der Waals surface area (Å²) >= 11 is 5.88. The minimum Gasteiger partial charge on any atom is -0.351 e. The molecule has 1 aliphatic heterocycles. The van der Waals surface area contributed by atoms with E-state index in [1.165, 1.54) is 16.6 Å². The Balaban J connectivity index is 1.14. The molecule has 2 heterocycles. The lowest BCUT2D eigenvalue weighted by Gasteiger charge is -2.31. The average molecular weight is 496 g/mol. The van der Waals surface area contributed by atoms with Gasteiger partial charge in [-0.05, 0) is 67.9 Å². The predicted octanol–water partition coefficient (Wildman–Crippen LogP) is 2.32. The van der Waals surface area contributed by atoms with Crippen LogP contribution in [0.15, 0.2) is 30.5 Å². The average Bonchev–Trinajstić information content (AvgIpc) is 3.41. The highest BCUT2D eigenvalue weighted by molar-refractivity contribution is 7.87. The van der Waals surface area contributed by atoms with Gasteiger partial charge in [0.2, 0.25) is 0 Å². The van der Waals surface area contributed by atoms with Crippen molar-refractivity contribution in [2.24, 2.45) is 23.7 Å². The van der Waals surface area contributed by atoms with Crippen LogP contribution in [0.1, 0.15) is 42.6 Å². The van der Waals surface area contributed by atoms with Crippen LogP contribution >= 0.6 is 11.6 Å². The van der Waals surface area contributed by atoms with Crippen LogP contribution in [0, 0.1) is 23.7 Å². The quantitative estimate of drug-likeness (QED) is 0.478. The van der Waals surface area contributed by atoms with Crippen molar-refractivity contribution in [1.82, 2.24) is 24.6 Å². The van der Waals surface area contributed by atoms with Gasteiger partial charge < -0.3 is 10.6 Å². The molecular formula is C22H30ClN5O4S. The Morgan fingerprint density at radius 2 is 1.94 bits per heavy atom. The molecule has 0 aromatic carbocycles. The highest BCUT2D eigenvalue weighted by atomic mass is 35.5. The topological polar surface area (TPSA) is 121 Å². The predicted molar refractivity (Wildman–Crippen MR) is 125 cm³/mol. The van der Waals surface area contributed by atoms with E-state index in [-0.39, 0.29) is 11.6 Å². The number of aromatic nitrogens is 1. The van der Waals surface area contributed by atoms with Crippen LogP contribution < -0.4 is 15.4 Å². The molecule has 2 aliphatic carbocycles. The molecule has 11 heteroatoms. The van der Waals surface area contributed by atoms with Crippen molar-refractivity contribution in [3.63, 3.8) is 0 Å². The molecule has 1 aromatic rings. The summed E-state index contributed by atoms with van der Waals surface area (Å²) in [7, 11) is -3.87. The Hall–Kier alpha value is -2.17. The van der Waals surface area contributed by atoms with Gasteiger partial charge in [-0.1, -0.05) is 23.8 Å². The first-order valence-electron chi connectivity index (χ1n) is 11.4. The van der Waals surface area contributed by atoms with Gasteiger partial charge >= 0.3 is 16.2 Å². The lowest BCUT2D eigenvalue weighted by molar-refractivity contribution is 0.0945. The molecule has 3 amide bonds. The van der Waals surface area contributed by atoms with Crippen molar-refractivity contribution in [3.05, 3.63) is 41.2 Å². The number of hydrogen-bond acceptors (Lipinski definition) is 5. The molecule has 0 unspecified atom stereocenters. The van der Waals surface area contributed by atoms with Crippen molar-refractivity contribution >= 4 is 33.7 Å². The van der Waals surface area contributed by atoms with E-state index in [0.29, 0.717) is 67.7 Å². The SMILES string of the molecule is O=C(NC[C@@H]1C[C@@H]2C=C[C@@H]1C2)NS(=O)(=O)N1CCC(CCNC(=O)c2cc(Cl)ccn2)CC1. The Morgan fingerprint density at radius 3 is 2.61 bits per heavy atom. The maximum absolute atomic E-state index is 12.6.